The number of thioether (sulfide) groups is 1. The standard InChI is InChI=1S/C12H16O4S/c1-15-11-8-9(16-6-3-7-17-2)4-5-10(11)12(13)14/h4-5,8H,3,6-7H2,1-2H3,(H,13,14). The Morgan fingerprint density at radius 2 is 2.24 bits per heavy atom. The molecule has 0 unspecified atom stereocenters. The number of benzene rings is 1. The maximum absolute atomic E-state index is 10.9. The van der Waals surface area contributed by atoms with E-state index in [1.165, 1.54) is 13.2 Å². The van der Waals surface area contributed by atoms with Crippen LogP contribution in [0.3, 0.4) is 0 Å². The lowest BCUT2D eigenvalue weighted by molar-refractivity contribution is 0.0693. The molecule has 0 aliphatic heterocycles. The highest BCUT2D eigenvalue weighted by molar-refractivity contribution is 7.98. The Bertz CT molecular complexity index is 379. The molecule has 0 radical (unpaired) electrons. The monoisotopic (exact) mass is 256 g/mol. The van der Waals surface area contributed by atoms with Gasteiger partial charge in [0.05, 0.1) is 13.7 Å². The van der Waals surface area contributed by atoms with Crippen molar-refractivity contribution in [3.63, 3.8) is 0 Å². The third kappa shape index (κ3) is 4.19. The maximum atomic E-state index is 10.9. The molecular formula is C12H16O4S. The van der Waals surface area contributed by atoms with Crippen LogP contribution >= 0.6 is 11.8 Å². The van der Waals surface area contributed by atoms with Crippen LogP contribution < -0.4 is 9.47 Å². The molecule has 0 saturated carbocycles. The first-order chi connectivity index (χ1) is 8.19. The van der Waals surface area contributed by atoms with E-state index in [9.17, 15) is 4.79 Å². The van der Waals surface area contributed by atoms with E-state index in [0.717, 1.165) is 12.2 Å². The summed E-state index contributed by atoms with van der Waals surface area (Å²) in [5.41, 5.74) is 0.143. The van der Waals surface area contributed by atoms with Gasteiger partial charge in [-0.2, -0.15) is 11.8 Å². The van der Waals surface area contributed by atoms with Crippen LogP contribution in [0.1, 0.15) is 16.8 Å². The van der Waals surface area contributed by atoms with Gasteiger partial charge in [0.15, 0.2) is 0 Å². The van der Waals surface area contributed by atoms with E-state index in [0.29, 0.717) is 18.1 Å². The Labute approximate surface area is 105 Å². The molecule has 5 heteroatoms. The molecule has 0 bridgehead atoms. The van der Waals surface area contributed by atoms with Gasteiger partial charge in [0.1, 0.15) is 17.1 Å². The van der Waals surface area contributed by atoms with E-state index in [1.807, 2.05) is 6.26 Å². The van der Waals surface area contributed by atoms with Crippen molar-refractivity contribution in [2.75, 3.05) is 25.7 Å². The molecule has 0 aliphatic carbocycles. The molecule has 0 amide bonds. The lowest BCUT2D eigenvalue weighted by atomic mass is 10.2. The number of carboxylic acid groups (broad SMARTS) is 1. The Hall–Kier alpha value is -1.36. The van der Waals surface area contributed by atoms with E-state index in [-0.39, 0.29) is 5.56 Å². The van der Waals surface area contributed by atoms with Crippen molar-refractivity contribution in [1.82, 2.24) is 0 Å². The fraction of sp³-hybridized carbons (Fsp3) is 0.417. The minimum atomic E-state index is -1.00. The summed E-state index contributed by atoms with van der Waals surface area (Å²) in [6.45, 7) is 0.621. The average Bonchev–Trinajstić information content (AvgIpc) is 2.34. The molecule has 0 saturated heterocycles. The van der Waals surface area contributed by atoms with Crippen LogP contribution in [0, 0.1) is 0 Å². The van der Waals surface area contributed by atoms with Crippen LogP contribution in [-0.2, 0) is 0 Å². The van der Waals surface area contributed by atoms with Gasteiger partial charge in [-0.1, -0.05) is 0 Å². The lowest BCUT2D eigenvalue weighted by Gasteiger charge is -2.09. The highest BCUT2D eigenvalue weighted by atomic mass is 32.2. The fourth-order valence-electron chi connectivity index (χ4n) is 1.33. The molecule has 4 nitrogen and oxygen atoms in total. The smallest absolute Gasteiger partial charge is 0.339 e. The number of aromatic carboxylic acids is 1. The minimum Gasteiger partial charge on any atom is -0.496 e. The van der Waals surface area contributed by atoms with Gasteiger partial charge in [-0.3, -0.25) is 0 Å². The van der Waals surface area contributed by atoms with Gasteiger partial charge in [0, 0.05) is 6.07 Å². The van der Waals surface area contributed by atoms with Crippen molar-refractivity contribution < 1.29 is 19.4 Å². The van der Waals surface area contributed by atoms with Crippen molar-refractivity contribution in [3.8, 4) is 11.5 Å². The van der Waals surface area contributed by atoms with Crippen molar-refractivity contribution in [3.05, 3.63) is 23.8 Å². The summed E-state index contributed by atoms with van der Waals surface area (Å²) < 4.78 is 10.5. The van der Waals surface area contributed by atoms with Crippen molar-refractivity contribution in [2.45, 2.75) is 6.42 Å². The van der Waals surface area contributed by atoms with E-state index >= 15 is 0 Å². The predicted molar refractivity (Wildman–Crippen MR) is 68.4 cm³/mol. The third-order valence-corrected chi connectivity index (χ3v) is 2.86. The Morgan fingerprint density at radius 1 is 1.47 bits per heavy atom. The van der Waals surface area contributed by atoms with Gasteiger partial charge in [0.25, 0.3) is 0 Å². The molecular weight excluding hydrogens is 240 g/mol. The van der Waals surface area contributed by atoms with Gasteiger partial charge < -0.3 is 14.6 Å². The van der Waals surface area contributed by atoms with Crippen molar-refractivity contribution in [1.29, 1.82) is 0 Å². The Balaban J connectivity index is 2.66. The van der Waals surface area contributed by atoms with Crippen LogP contribution in [0.5, 0.6) is 11.5 Å². The number of ether oxygens (including phenoxy) is 2. The first-order valence-electron chi connectivity index (χ1n) is 5.22. The molecule has 1 N–H and O–H groups in total. The largest absolute Gasteiger partial charge is 0.496 e. The van der Waals surface area contributed by atoms with E-state index in [4.69, 9.17) is 14.6 Å². The molecule has 0 fully saturated rings. The number of carboxylic acids is 1. The Morgan fingerprint density at radius 3 is 2.82 bits per heavy atom. The first kappa shape index (κ1) is 13.7. The molecule has 17 heavy (non-hydrogen) atoms. The zero-order chi connectivity index (χ0) is 12.7. The quantitative estimate of drug-likeness (QED) is 0.760. The summed E-state index contributed by atoms with van der Waals surface area (Å²) in [6.07, 6.45) is 3.01. The first-order valence-corrected chi connectivity index (χ1v) is 6.61. The summed E-state index contributed by atoms with van der Waals surface area (Å²) in [6, 6.07) is 4.73. The van der Waals surface area contributed by atoms with E-state index in [1.54, 1.807) is 23.9 Å². The van der Waals surface area contributed by atoms with Gasteiger partial charge in [0.2, 0.25) is 0 Å². The summed E-state index contributed by atoms with van der Waals surface area (Å²) in [4.78, 5) is 10.9. The van der Waals surface area contributed by atoms with Crippen LogP contribution in [0.4, 0.5) is 0 Å². The van der Waals surface area contributed by atoms with Crippen LogP contribution in [-0.4, -0.2) is 36.8 Å². The van der Waals surface area contributed by atoms with Crippen LogP contribution in [0.15, 0.2) is 18.2 Å². The van der Waals surface area contributed by atoms with Crippen molar-refractivity contribution in [2.24, 2.45) is 0 Å². The summed E-state index contributed by atoms with van der Waals surface area (Å²) in [7, 11) is 1.44. The second kappa shape index (κ2) is 7.06. The van der Waals surface area contributed by atoms with Gasteiger partial charge >= 0.3 is 5.97 Å². The second-order valence-corrected chi connectivity index (χ2v) is 4.35. The molecule has 0 aromatic heterocycles. The maximum Gasteiger partial charge on any atom is 0.339 e. The van der Waals surface area contributed by atoms with Crippen molar-refractivity contribution >= 4 is 17.7 Å². The molecule has 94 valence electrons. The van der Waals surface area contributed by atoms with E-state index in [2.05, 4.69) is 0 Å². The zero-order valence-corrected chi connectivity index (χ0v) is 10.8. The number of rotatable bonds is 7. The fourth-order valence-corrected chi connectivity index (χ4v) is 1.74. The minimum absolute atomic E-state index is 0.143. The Kier molecular flexibility index (Phi) is 5.69. The highest BCUT2D eigenvalue weighted by Crippen LogP contribution is 2.24. The summed E-state index contributed by atoms with van der Waals surface area (Å²) in [5, 5.41) is 8.91. The lowest BCUT2D eigenvalue weighted by Crippen LogP contribution is -2.02. The zero-order valence-electron chi connectivity index (χ0n) is 9.93. The molecule has 0 heterocycles. The van der Waals surface area contributed by atoms with Gasteiger partial charge in [-0.15, -0.1) is 0 Å². The molecule has 0 atom stereocenters. The van der Waals surface area contributed by atoms with Crippen LogP contribution in [0.25, 0.3) is 0 Å². The molecule has 0 spiro atoms. The second-order valence-electron chi connectivity index (χ2n) is 3.36. The topological polar surface area (TPSA) is 55.8 Å². The molecule has 1 aromatic carbocycles. The molecule has 1 rings (SSSR count). The summed E-state index contributed by atoms with van der Waals surface area (Å²) >= 11 is 1.77. The van der Waals surface area contributed by atoms with Crippen LogP contribution in [0.2, 0.25) is 0 Å². The number of hydrogen-bond donors (Lipinski definition) is 1. The SMILES string of the molecule is COc1cc(OCCCSC)ccc1C(=O)O. The highest BCUT2D eigenvalue weighted by Gasteiger charge is 2.11. The number of methoxy groups -OCH3 is 1. The molecule has 0 aliphatic rings. The molecule has 1 aromatic rings. The van der Waals surface area contributed by atoms with Gasteiger partial charge in [-0.25, -0.2) is 4.79 Å². The summed E-state index contributed by atoms with van der Waals surface area (Å²) in [5.74, 6) is 0.994. The predicted octanol–water partition coefficient (Wildman–Crippen LogP) is 2.53. The number of carbonyl (C=O) groups is 1. The van der Waals surface area contributed by atoms with E-state index < -0.39 is 5.97 Å². The number of hydrogen-bond acceptors (Lipinski definition) is 4. The third-order valence-electron chi connectivity index (χ3n) is 2.16. The average molecular weight is 256 g/mol. The van der Waals surface area contributed by atoms with Gasteiger partial charge in [-0.05, 0) is 30.6 Å². The normalized spacial score (nSPS) is 10.0.